The van der Waals surface area contributed by atoms with Crippen LogP contribution >= 0.6 is 0 Å². The molecule has 0 aromatic rings. The van der Waals surface area contributed by atoms with Crippen LogP contribution in [-0.2, 0) is 14.3 Å². The van der Waals surface area contributed by atoms with E-state index in [-0.39, 0.29) is 18.5 Å². The van der Waals surface area contributed by atoms with Gasteiger partial charge in [-0.15, -0.1) is 0 Å². The van der Waals surface area contributed by atoms with E-state index in [0.29, 0.717) is 25.9 Å². The number of unbranched alkanes of at least 4 members (excludes halogenated alkanes) is 30. The van der Waals surface area contributed by atoms with E-state index in [4.69, 9.17) is 4.74 Å². The topological polar surface area (TPSA) is 95.9 Å². The SMILES string of the molecule is CCCC/C=C\C/C=C\CCCCCCCC(=O)OCCCCCCCCC/C=C\CCCCCCCC(=O)NC(CO)C(O)CCCCCCCCCCCCCC. The monoisotopic (exact) mass is 830 g/mol. The first-order valence-electron chi connectivity index (χ1n) is 25.7. The van der Waals surface area contributed by atoms with Gasteiger partial charge in [-0.3, -0.25) is 9.59 Å². The average molecular weight is 830 g/mol. The van der Waals surface area contributed by atoms with Gasteiger partial charge in [0.2, 0.25) is 5.91 Å². The minimum atomic E-state index is -0.674. The number of rotatable bonds is 47. The molecule has 2 atom stereocenters. The van der Waals surface area contributed by atoms with Crippen molar-refractivity contribution in [1.29, 1.82) is 0 Å². The standard InChI is InChI=1S/C53H99NO5/c1-3-5-7-9-11-13-15-17-23-27-31-35-39-43-47-53(58)59-48-44-40-36-32-28-24-21-19-18-20-22-26-30-34-38-42-46-52(57)54-50(49-55)51(56)45-41-37-33-29-25-16-14-12-10-8-6-4-2/h9,11,15,17-18,20,50-51,55-56H,3-8,10,12-14,16,19,21-49H2,1-2H3,(H,54,57)/b11-9-,17-15-,20-18-. The molecule has 0 heterocycles. The van der Waals surface area contributed by atoms with Crippen LogP contribution in [0.15, 0.2) is 36.5 Å². The zero-order valence-corrected chi connectivity index (χ0v) is 39.2. The summed E-state index contributed by atoms with van der Waals surface area (Å²) >= 11 is 0. The molecule has 0 spiro atoms. The van der Waals surface area contributed by atoms with Gasteiger partial charge in [0.1, 0.15) is 0 Å². The molecule has 6 nitrogen and oxygen atoms in total. The lowest BCUT2D eigenvalue weighted by atomic mass is 10.0. The van der Waals surface area contributed by atoms with Crippen LogP contribution < -0.4 is 5.32 Å². The summed E-state index contributed by atoms with van der Waals surface area (Å²) in [4.78, 5) is 24.4. The third-order valence-electron chi connectivity index (χ3n) is 11.7. The molecular weight excluding hydrogens is 731 g/mol. The van der Waals surface area contributed by atoms with Gasteiger partial charge < -0.3 is 20.3 Å². The van der Waals surface area contributed by atoms with Crippen LogP contribution in [0.2, 0.25) is 0 Å². The van der Waals surface area contributed by atoms with Crippen molar-refractivity contribution in [2.75, 3.05) is 13.2 Å². The van der Waals surface area contributed by atoms with E-state index in [1.807, 2.05) is 0 Å². The molecule has 1 amide bonds. The van der Waals surface area contributed by atoms with Gasteiger partial charge in [0.25, 0.3) is 0 Å². The molecule has 346 valence electrons. The fraction of sp³-hybridized carbons (Fsp3) is 0.849. The van der Waals surface area contributed by atoms with Crippen molar-refractivity contribution in [1.82, 2.24) is 5.32 Å². The second-order valence-electron chi connectivity index (χ2n) is 17.5. The predicted molar refractivity (Wildman–Crippen MR) is 255 cm³/mol. The van der Waals surface area contributed by atoms with Crippen LogP contribution in [0.1, 0.15) is 264 Å². The smallest absolute Gasteiger partial charge is 0.305 e. The Hall–Kier alpha value is -1.92. The summed E-state index contributed by atoms with van der Waals surface area (Å²) in [6.45, 7) is 4.87. The van der Waals surface area contributed by atoms with E-state index < -0.39 is 12.1 Å². The largest absolute Gasteiger partial charge is 0.466 e. The van der Waals surface area contributed by atoms with Gasteiger partial charge >= 0.3 is 5.97 Å². The number of ether oxygens (including phenoxy) is 1. The molecule has 0 aliphatic heterocycles. The van der Waals surface area contributed by atoms with E-state index in [0.717, 1.165) is 70.6 Å². The highest BCUT2D eigenvalue weighted by Gasteiger charge is 2.20. The van der Waals surface area contributed by atoms with E-state index in [9.17, 15) is 19.8 Å². The lowest BCUT2D eigenvalue weighted by Gasteiger charge is -2.22. The molecule has 0 aromatic carbocycles. The van der Waals surface area contributed by atoms with Crippen molar-refractivity contribution in [3.63, 3.8) is 0 Å². The highest BCUT2D eigenvalue weighted by molar-refractivity contribution is 5.76. The summed E-state index contributed by atoms with van der Waals surface area (Å²) in [6, 6.07) is -0.553. The summed E-state index contributed by atoms with van der Waals surface area (Å²) in [6.07, 6.45) is 58.2. The van der Waals surface area contributed by atoms with E-state index in [2.05, 4.69) is 55.6 Å². The first-order valence-corrected chi connectivity index (χ1v) is 25.7. The fourth-order valence-corrected chi connectivity index (χ4v) is 7.65. The zero-order valence-electron chi connectivity index (χ0n) is 39.2. The maximum absolute atomic E-state index is 12.4. The summed E-state index contributed by atoms with van der Waals surface area (Å²) in [5, 5.41) is 23.1. The Morgan fingerprint density at radius 3 is 1.36 bits per heavy atom. The van der Waals surface area contributed by atoms with Gasteiger partial charge in [-0.2, -0.15) is 0 Å². The lowest BCUT2D eigenvalue weighted by molar-refractivity contribution is -0.143. The maximum atomic E-state index is 12.4. The second-order valence-corrected chi connectivity index (χ2v) is 17.5. The Kier molecular flexibility index (Phi) is 47.2. The third-order valence-corrected chi connectivity index (χ3v) is 11.7. The number of carbonyl (C=O) groups excluding carboxylic acids is 2. The number of allylic oxidation sites excluding steroid dienone is 6. The van der Waals surface area contributed by atoms with Crippen LogP contribution in [0.3, 0.4) is 0 Å². The van der Waals surface area contributed by atoms with E-state index in [1.54, 1.807) is 0 Å². The Morgan fingerprint density at radius 2 is 0.864 bits per heavy atom. The molecule has 3 N–H and O–H groups in total. The second kappa shape index (κ2) is 48.7. The summed E-state index contributed by atoms with van der Waals surface area (Å²) in [5.74, 6) is -0.0721. The minimum absolute atomic E-state index is 0.0181. The number of nitrogens with one attached hydrogen (secondary N) is 1. The van der Waals surface area contributed by atoms with Crippen molar-refractivity contribution in [3.8, 4) is 0 Å². The van der Waals surface area contributed by atoms with Crippen LogP contribution in [-0.4, -0.2) is 47.4 Å². The van der Waals surface area contributed by atoms with Crippen molar-refractivity contribution >= 4 is 11.9 Å². The normalized spacial score (nSPS) is 12.9. The molecule has 0 aliphatic rings. The molecule has 2 unspecified atom stereocenters. The Labute approximate surface area is 366 Å². The van der Waals surface area contributed by atoms with E-state index >= 15 is 0 Å². The van der Waals surface area contributed by atoms with Crippen LogP contribution in [0.5, 0.6) is 0 Å². The highest BCUT2D eigenvalue weighted by Crippen LogP contribution is 2.15. The van der Waals surface area contributed by atoms with Gasteiger partial charge in [0.15, 0.2) is 0 Å². The minimum Gasteiger partial charge on any atom is -0.466 e. The molecule has 6 heteroatoms. The Morgan fingerprint density at radius 1 is 0.475 bits per heavy atom. The fourth-order valence-electron chi connectivity index (χ4n) is 7.65. The molecule has 0 saturated heterocycles. The van der Waals surface area contributed by atoms with Gasteiger partial charge in [-0.05, 0) is 77.0 Å². The first-order chi connectivity index (χ1) is 29.0. The van der Waals surface area contributed by atoms with Gasteiger partial charge in [-0.25, -0.2) is 0 Å². The summed E-state index contributed by atoms with van der Waals surface area (Å²) in [5.41, 5.74) is 0. The van der Waals surface area contributed by atoms with Crippen LogP contribution in [0.25, 0.3) is 0 Å². The molecule has 0 saturated carbocycles. The van der Waals surface area contributed by atoms with Crippen molar-refractivity contribution in [2.45, 2.75) is 276 Å². The number of carbonyl (C=O) groups is 2. The lowest BCUT2D eigenvalue weighted by Crippen LogP contribution is -2.45. The molecular formula is C53H99NO5. The van der Waals surface area contributed by atoms with Gasteiger partial charge in [0, 0.05) is 12.8 Å². The van der Waals surface area contributed by atoms with E-state index in [1.165, 1.54) is 161 Å². The first kappa shape index (κ1) is 57.1. The van der Waals surface area contributed by atoms with Crippen molar-refractivity contribution < 1.29 is 24.5 Å². The number of aliphatic hydroxyl groups excluding tert-OH is 2. The molecule has 59 heavy (non-hydrogen) atoms. The number of amides is 1. The van der Waals surface area contributed by atoms with Crippen LogP contribution in [0, 0.1) is 0 Å². The Bertz CT molecular complexity index is 962. The third kappa shape index (κ3) is 45.4. The quantitative estimate of drug-likeness (QED) is 0.0323. The van der Waals surface area contributed by atoms with Crippen molar-refractivity contribution in [2.24, 2.45) is 0 Å². The molecule has 0 aliphatic carbocycles. The average Bonchev–Trinajstić information content (AvgIpc) is 3.24. The van der Waals surface area contributed by atoms with Crippen LogP contribution in [0.4, 0.5) is 0 Å². The molecule has 0 bridgehead atoms. The highest BCUT2D eigenvalue weighted by atomic mass is 16.5. The van der Waals surface area contributed by atoms with Gasteiger partial charge in [0.05, 0.1) is 25.4 Å². The number of esters is 1. The summed E-state index contributed by atoms with van der Waals surface area (Å²) < 4.78 is 5.45. The number of hydrogen-bond donors (Lipinski definition) is 3. The molecule has 0 radical (unpaired) electrons. The predicted octanol–water partition coefficient (Wildman–Crippen LogP) is 15.3. The van der Waals surface area contributed by atoms with Crippen molar-refractivity contribution in [3.05, 3.63) is 36.5 Å². The maximum Gasteiger partial charge on any atom is 0.305 e. The molecule has 0 fully saturated rings. The van der Waals surface area contributed by atoms with Gasteiger partial charge in [-0.1, -0.05) is 211 Å². The Balaban J connectivity index is 3.48. The molecule has 0 rings (SSSR count). The zero-order chi connectivity index (χ0) is 43.0. The number of aliphatic hydroxyl groups is 2. The summed E-state index contributed by atoms with van der Waals surface area (Å²) in [7, 11) is 0. The number of hydrogen-bond acceptors (Lipinski definition) is 5. The molecule has 0 aromatic heterocycles.